The van der Waals surface area contributed by atoms with E-state index in [2.05, 4.69) is 31.9 Å². The molecule has 0 spiro atoms. The standard InChI is InChI=1S/C32H28BrN3O4S/c1-2-40-29-18-9-6-13-23(29)19-28(36-31(38)22-11-4-3-5-12-22)32(39)34-24-14-10-15-25(20-24)41-21-30(37)35-27-17-8-7-16-26(27)33/h3-20H,2,21H2,1H3,(H,34,39)(H,35,37)(H,36,38)/b28-19+. The van der Waals surface area contributed by atoms with Crippen LogP contribution >= 0.6 is 27.7 Å². The molecule has 0 saturated heterocycles. The molecule has 0 aliphatic carbocycles. The molecule has 4 rings (SSSR count). The molecule has 7 nitrogen and oxygen atoms in total. The van der Waals surface area contributed by atoms with E-state index in [0.29, 0.717) is 34.9 Å². The van der Waals surface area contributed by atoms with Gasteiger partial charge in [0.2, 0.25) is 5.91 Å². The van der Waals surface area contributed by atoms with Crippen LogP contribution in [0.5, 0.6) is 5.75 Å². The van der Waals surface area contributed by atoms with Crippen molar-refractivity contribution >= 4 is 62.9 Å². The number of ether oxygens (including phenoxy) is 1. The van der Waals surface area contributed by atoms with Crippen molar-refractivity contribution in [2.24, 2.45) is 0 Å². The third-order valence-electron chi connectivity index (χ3n) is 5.66. The van der Waals surface area contributed by atoms with Crippen LogP contribution in [0.4, 0.5) is 11.4 Å². The monoisotopic (exact) mass is 629 g/mol. The lowest BCUT2D eigenvalue weighted by atomic mass is 10.1. The summed E-state index contributed by atoms with van der Waals surface area (Å²) in [6.45, 7) is 2.33. The summed E-state index contributed by atoms with van der Waals surface area (Å²) in [7, 11) is 0. The van der Waals surface area contributed by atoms with Crippen molar-refractivity contribution in [2.45, 2.75) is 11.8 Å². The van der Waals surface area contributed by atoms with E-state index in [4.69, 9.17) is 4.74 Å². The third kappa shape index (κ3) is 8.83. The second-order valence-corrected chi connectivity index (χ2v) is 10.6. The Morgan fingerprint density at radius 3 is 2.37 bits per heavy atom. The number of para-hydroxylation sites is 2. The Morgan fingerprint density at radius 1 is 0.854 bits per heavy atom. The first kappa shape index (κ1) is 29.6. The molecule has 4 aromatic carbocycles. The minimum atomic E-state index is -0.505. The molecule has 0 atom stereocenters. The summed E-state index contributed by atoms with van der Waals surface area (Å²) in [6.07, 6.45) is 1.59. The van der Waals surface area contributed by atoms with Crippen molar-refractivity contribution in [3.8, 4) is 5.75 Å². The molecule has 3 N–H and O–H groups in total. The number of hydrogen-bond acceptors (Lipinski definition) is 5. The molecule has 3 amide bonds. The highest BCUT2D eigenvalue weighted by molar-refractivity contribution is 9.10. The topological polar surface area (TPSA) is 96.5 Å². The van der Waals surface area contributed by atoms with Crippen molar-refractivity contribution in [1.29, 1.82) is 0 Å². The van der Waals surface area contributed by atoms with E-state index in [1.807, 2.05) is 61.5 Å². The van der Waals surface area contributed by atoms with Gasteiger partial charge in [0, 0.05) is 26.2 Å². The second-order valence-electron chi connectivity index (χ2n) is 8.65. The second kappa shape index (κ2) is 14.9. The lowest BCUT2D eigenvalue weighted by molar-refractivity contribution is -0.114. The predicted molar refractivity (Wildman–Crippen MR) is 168 cm³/mol. The number of benzene rings is 4. The number of rotatable bonds is 11. The number of carbonyl (C=O) groups is 3. The van der Waals surface area contributed by atoms with E-state index in [9.17, 15) is 14.4 Å². The predicted octanol–water partition coefficient (Wildman–Crippen LogP) is 6.99. The zero-order chi connectivity index (χ0) is 29.0. The molecule has 208 valence electrons. The molecule has 9 heteroatoms. The molecule has 0 aliphatic heterocycles. The van der Waals surface area contributed by atoms with Crippen LogP contribution in [0.15, 0.2) is 118 Å². The fourth-order valence-corrected chi connectivity index (χ4v) is 4.88. The Balaban J connectivity index is 1.49. The number of thioether (sulfide) groups is 1. The highest BCUT2D eigenvalue weighted by Gasteiger charge is 2.16. The van der Waals surface area contributed by atoms with E-state index in [1.165, 1.54) is 11.8 Å². The fourth-order valence-electron chi connectivity index (χ4n) is 3.74. The Kier molecular flexibility index (Phi) is 10.8. The van der Waals surface area contributed by atoms with Crippen LogP contribution in [-0.2, 0) is 9.59 Å². The molecule has 0 aromatic heterocycles. The van der Waals surface area contributed by atoms with Crippen LogP contribution in [0.3, 0.4) is 0 Å². The quantitative estimate of drug-likeness (QED) is 0.123. The molecule has 0 radical (unpaired) electrons. The number of halogens is 1. The van der Waals surface area contributed by atoms with Crippen molar-refractivity contribution in [2.75, 3.05) is 23.0 Å². The summed E-state index contributed by atoms with van der Waals surface area (Å²) < 4.78 is 6.51. The maximum atomic E-state index is 13.5. The molecule has 0 bridgehead atoms. The largest absolute Gasteiger partial charge is 0.493 e. The van der Waals surface area contributed by atoms with E-state index in [0.717, 1.165) is 9.37 Å². The molecule has 0 unspecified atom stereocenters. The highest BCUT2D eigenvalue weighted by atomic mass is 79.9. The summed E-state index contributed by atoms with van der Waals surface area (Å²) in [5.74, 6) is -0.298. The smallest absolute Gasteiger partial charge is 0.272 e. The van der Waals surface area contributed by atoms with Gasteiger partial charge in [0.05, 0.1) is 18.0 Å². The number of hydrogen-bond donors (Lipinski definition) is 3. The van der Waals surface area contributed by atoms with Crippen LogP contribution in [0.2, 0.25) is 0 Å². The minimum absolute atomic E-state index is 0.0527. The minimum Gasteiger partial charge on any atom is -0.493 e. The van der Waals surface area contributed by atoms with Crippen molar-refractivity contribution < 1.29 is 19.1 Å². The molecule has 41 heavy (non-hydrogen) atoms. The van der Waals surface area contributed by atoms with E-state index in [-0.39, 0.29) is 17.4 Å². The molecular weight excluding hydrogens is 602 g/mol. The summed E-state index contributed by atoms with van der Waals surface area (Å²) >= 11 is 4.77. The normalized spacial score (nSPS) is 10.9. The van der Waals surface area contributed by atoms with Gasteiger partial charge in [-0.2, -0.15) is 0 Å². The molecule has 0 fully saturated rings. The maximum Gasteiger partial charge on any atom is 0.272 e. The third-order valence-corrected chi connectivity index (χ3v) is 7.34. The van der Waals surface area contributed by atoms with Gasteiger partial charge in [-0.25, -0.2) is 0 Å². The summed E-state index contributed by atoms with van der Waals surface area (Å²) in [5.41, 5.74) is 2.33. The Labute approximate surface area is 251 Å². The molecule has 0 saturated carbocycles. The average molecular weight is 631 g/mol. The van der Waals surface area contributed by atoms with E-state index < -0.39 is 11.8 Å². The van der Waals surface area contributed by atoms with E-state index in [1.54, 1.807) is 54.6 Å². The van der Waals surface area contributed by atoms with Gasteiger partial charge in [-0.15, -0.1) is 11.8 Å². The molecular formula is C32H28BrN3O4S. The van der Waals surface area contributed by atoms with Gasteiger partial charge in [0.1, 0.15) is 11.4 Å². The summed E-state index contributed by atoms with van der Waals surface area (Å²) in [5, 5.41) is 8.49. The van der Waals surface area contributed by atoms with Gasteiger partial charge in [-0.1, -0.05) is 54.6 Å². The van der Waals surface area contributed by atoms with Gasteiger partial charge in [-0.3, -0.25) is 14.4 Å². The van der Waals surface area contributed by atoms with Crippen molar-refractivity contribution in [3.05, 3.63) is 124 Å². The number of carbonyl (C=O) groups excluding carboxylic acids is 3. The first-order valence-electron chi connectivity index (χ1n) is 12.8. The first-order chi connectivity index (χ1) is 19.9. The van der Waals surface area contributed by atoms with Crippen molar-refractivity contribution in [3.63, 3.8) is 0 Å². The summed E-state index contributed by atoms with van der Waals surface area (Å²) in [6, 6.07) is 30.5. The first-order valence-corrected chi connectivity index (χ1v) is 14.6. The average Bonchev–Trinajstić information content (AvgIpc) is 2.98. The highest BCUT2D eigenvalue weighted by Crippen LogP contribution is 2.25. The van der Waals surface area contributed by atoms with Crippen LogP contribution in [0.1, 0.15) is 22.8 Å². The van der Waals surface area contributed by atoms with Gasteiger partial charge >= 0.3 is 0 Å². The van der Waals surface area contributed by atoms with Gasteiger partial charge < -0.3 is 20.7 Å². The van der Waals surface area contributed by atoms with Gasteiger partial charge in [-0.05, 0) is 77.5 Å². The molecule has 0 heterocycles. The van der Waals surface area contributed by atoms with Gasteiger partial charge in [0.25, 0.3) is 11.8 Å². The molecule has 4 aromatic rings. The Bertz CT molecular complexity index is 1560. The number of amides is 3. The van der Waals surface area contributed by atoms with Crippen LogP contribution in [0.25, 0.3) is 6.08 Å². The van der Waals surface area contributed by atoms with Crippen LogP contribution < -0.4 is 20.7 Å². The van der Waals surface area contributed by atoms with Crippen molar-refractivity contribution in [1.82, 2.24) is 5.32 Å². The van der Waals surface area contributed by atoms with Crippen LogP contribution in [-0.4, -0.2) is 30.1 Å². The SMILES string of the molecule is CCOc1ccccc1/C=C(/NC(=O)c1ccccc1)C(=O)Nc1cccc(SCC(=O)Nc2ccccc2Br)c1. The van der Waals surface area contributed by atoms with Gasteiger partial charge in [0.15, 0.2) is 0 Å². The van der Waals surface area contributed by atoms with Crippen LogP contribution in [0, 0.1) is 0 Å². The zero-order valence-corrected chi connectivity index (χ0v) is 24.6. The lowest BCUT2D eigenvalue weighted by Gasteiger charge is -2.13. The Hall–Kier alpha value is -4.34. The van der Waals surface area contributed by atoms with E-state index >= 15 is 0 Å². The number of nitrogens with one attached hydrogen (secondary N) is 3. The summed E-state index contributed by atoms with van der Waals surface area (Å²) in [4.78, 5) is 39.7. The molecule has 0 aliphatic rings. The fraction of sp³-hybridized carbons (Fsp3) is 0.0938. The maximum absolute atomic E-state index is 13.5. The lowest BCUT2D eigenvalue weighted by Crippen LogP contribution is -2.30. The zero-order valence-electron chi connectivity index (χ0n) is 22.2. The number of anilines is 2. The Morgan fingerprint density at radius 2 is 1.59 bits per heavy atom.